The van der Waals surface area contributed by atoms with E-state index in [2.05, 4.69) is 16.5 Å². The number of hydrogen-bond donors (Lipinski definition) is 1. The molecule has 1 N–H and O–H groups in total. The lowest BCUT2D eigenvalue weighted by atomic mass is 10.2. The van der Waals surface area contributed by atoms with Crippen molar-refractivity contribution in [3.8, 4) is 5.69 Å². The van der Waals surface area contributed by atoms with Gasteiger partial charge in [-0.25, -0.2) is 4.68 Å². The van der Waals surface area contributed by atoms with Gasteiger partial charge in [0.2, 0.25) is 5.91 Å². The van der Waals surface area contributed by atoms with Crippen molar-refractivity contribution in [2.75, 3.05) is 6.54 Å². The molecular formula is C20H21N3OS. The van der Waals surface area contributed by atoms with E-state index < -0.39 is 0 Å². The molecule has 0 unspecified atom stereocenters. The normalized spacial score (nSPS) is 11.1. The predicted octanol–water partition coefficient (Wildman–Crippen LogP) is 3.92. The zero-order chi connectivity index (χ0) is 17.6. The van der Waals surface area contributed by atoms with Crippen LogP contribution in [0.1, 0.15) is 21.8 Å². The van der Waals surface area contributed by atoms with Crippen LogP contribution in [-0.2, 0) is 11.2 Å². The first-order valence-electron chi connectivity index (χ1n) is 8.25. The molecule has 0 bridgehead atoms. The number of aryl methyl sites for hydroxylation is 1. The second-order valence-corrected chi connectivity index (χ2v) is 6.82. The van der Waals surface area contributed by atoms with Gasteiger partial charge in [-0.15, -0.1) is 11.3 Å². The molecule has 3 rings (SSSR count). The quantitative estimate of drug-likeness (QED) is 0.684. The molecule has 5 heteroatoms. The molecule has 2 aromatic heterocycles. The summed E-state index contributed by atoms with van der Waals surface area (Å²) in [6, 6.07) is 14.1. The van der Waals surface area contributed by atoms with Gasteiger partial charge in [0.15, 0.2) is 0 Å². The number of nitrogens with one attached hydrogen (secondary N) is 1. The predicted molar refractivity (Wildman–Crippen MR) is 103 cm³/mol. The van der Waals surface area contributed by atoms with E-state index in [1.807, 2.05) is 66.4 Å². The Bertz CT molecular complexity index is 864. The number of carbonyl (C=O) groups excluding carboxylic acids is 1. The van der Waals surface area contributed by atoms with Crippen LogP contribution in [0.4, 0.5) is 0 Å². The summed E-state index contributed by atoms with van der Waals surface area (Å²) in [6.45, 7) is 4.62. The zero-order valence-electron chi connectivity index (χ0n) is 14.4. The Morgan fingerprint density at radius 2 is 2.00 bits per heavy atom. The van der Waals surface area contributed by atoms with E-state index in [0.717, 1.165) is 29.1 Å². The number of aromatic nitrogens is 2. The number of nitrogens with zero attached hydrogens (tertiary/aromatic N) is 2. The van der Waals surface area contributed by atoms with Crippen LogP contribution in [0.15, 0.2) is 53.9 Å². The maximum absolute atomic E-state index is 12.0. The molecule has 3 aromatic rings. The van der Waals surface area contributed by atoms with E-state index in [1.54, 1.807) is 17.4 Å². The number of benzene rings is 1. The van der Waals surface area contributed by atoms with E-state index in [-0.39, 0.29) is 5.91 Å². The SMILES string of the molecule is Cc1nn(-c2ccccc2)c(C)c1/C=C/C(=O)NCCc1cccs1. The molecule has 0 aliphatic heterocycles. The van der Waals surface area contributed by atoms with E-state index in [1.165, 1.54) is 4.88 Å². The number of carbonyl (C=O) groups is 1. The summed E-state index contributed by atoms with van der Waals surface area (Å²) in [7, 11) is 0. The van der Waals surface area contributed by atoms with Crippen LogP contribution in [0.3, 0.4) is 0 Å². The first-order chi connectivity index (χ1) is 12.1. The van der Waals surface area contributed by atoms with E-state index in [4.69, 9.17) is 0 Å². The second-order valence-electron chi connectivity index (χ2n) is 5.79. The summed E-state index contributed by atoms with van der Waals surface area (Å²) < 4.78 is 1.91. The molecule has 4 nitrogen and oxygen atoms in total. The van der Waals surface area contributed by atoms with E-state index in [0.29, 0.717) is 6.54 Å². The third kappa shape index (κ3) is 4.25. The van der Waals surface area contributed by atoms with Crippen molar-refractivity contribution in [2.45, 2.75) is 20.3 Å². The molecule has 0 saturated carbocycles. The summed E-state index contributed by atoms with van der Waals surface area (Å²) in [4.78, 5) is 13.3. The maximum atomic E-state index is 12.0. The standard InChI is InChI=1S/C20H21N3OS/c1-15-19(16(2)23(22-15)17-7-4-3-5-8-17)10-11-20(24)21-13-12-18-9-6-14-25-18/h3-11,14H,12-13H2,1-2H3,(H,21,24)/b11-10+. The van der Waals surface area contributed by atoms with Gasteiger partial charge in [-0.3, -0.25) is 4.79 Å². The average Bonchev–Trinajstić information content (AvgIpc) is 3.23. The van der Waals surface area contributed by atoms with Crippen LogP contribution in [-0.4, -0.2) is 22.2 Å². The molecule has 0 fully saturated rings. The summed E-state index contributed by atoms with van der Waals surface area (Å²) in [5.41, 5.74) is 3.93. The molecule has 1 aromatic carbocycles. The highest BCUT2D eigenvalue weighted by Gasteiger charge is 2.10. The molecule has 128 valence electrons. The van der Waals surface area contributed by atoms with Gasteiger partial charge in [-0.2, -0.15) is 5.10 Å². The lowest BCUT2D eigenvalue weighted by molar-refractivity contribution is -0.116. The van der Waals surface area contributed by atoms with Crippen LogP contribution in [0.25, 0.3) is 11.8 Å². The fourth-order valence-corrected chi connectivity index (χ4v) is 3.41. The van der Waals surface area contributed by atoms with Crippen LogP contribution in [0, 0.1) is 13.8 Å². The van der Waals surface area contributed by atoms with Crippen molar-refractivity contribution in [1.82, 2.24) is 15.1 Å². The minimum Gasteiger partial charge on any atom is -0.352 e. The Morgan fingerprint density at radius 3 is 2.72 bits per heavy atom. The average molecular weight is 351 g/mol. The zero-order valence-corrected chi connectivity index (χ0v) is 15.2. The molecule has 1 amide bonds. The third-order valence-corrected chi connectivity index (χ3v) is 4.94. The smallest absolute Gasteiger partial charge is 0.244 e. The fraction of sp³-hybridized carbons (Fsp3) is 0.200. The highest BCUT2D eigenvalue weighted by molar-refractivity contribution is 7.09. The number of hydrogen-bond acceptors (Lipinski definition) is 3. The van der Waals surface area contributed by atoms with Crippen molar-refractivity contribution in [3.05, 3.63) is 75.7 Å². The first kappa shape index (κ1) is 17.2. The Morgan fingerprint density at radius 1 is 1.20 bits per heavy atom. The van der Waals surface area contributed by atoms with Crippen molar-refractivity contribution >= 4 is 23.3 Å². The Labute approximate surface area is 151 Å². The van der Waals surface area contributed by atoms with Crippen LogP contribution in [0.5, 0.6) is 0 Å². The van der Waals surface area contributed by atoms with Crippen LogP contribution in [0.2, 0.25) is 0 Å². The van der Waals surface area contributed by atoms with Crippen molar-refractivity contribution < 1.29 is 4.79 Å². The summed E-state index contributed by atoms with van der Waals surface area (Å²) in [6.07, 6.45) is 4.29. The largest absolute Gasteiger partial charge is 0.352 e. The van der Waals surface area contributed by atoms with Crippen molar-refractivity contribution in [2.24, 2.45) is 0 Å². The van der Waals surface area contributed by atoms with Gasteiger partial charge in [-0.1, -0.05) is 24.3 Å². The van der Waals surface area contributed by atoms with Gasteiger partial charge in [0, 0.05) is 28.8 Å². The summed E-state index contributed by atoms with van der Waals surface area (Å²) >= 11 is 1.71. The molecule has 0 aliphatic carbocycles. The molecule has 0 radical (unpaired) electrons. The molecule has 0 aliphatic rings. The number of rotatable bonds is 6. The van der Waals surface area contributed by atoms with Crippen LogP contribution < -0.4 is 5.32 Å². The van der Waals surface area contributed by atoms with Gasteiger partial charge < -0.3 is 5.32 Å². The van der Waals surface area contributed by atoms with Crippen molar-refractivity contribution in [1.29, 1.82) is 0 Å². The maximum Gasteiger partial charge on any atom is 0.244 e. The summed E-state index contributed by atoms with van der Waals surface area (Å²) in [5.74, 6) is -0.0807. The first-order valence-corrected chi connectivity index (χ1v) is 9.13. The van der Waals surface area contributed by atoms with Gasteiger partial charge in [0.05, 0.1) is 11.4 Å². The summed E-state index contributed by atoms with van der Waals surface area (Å²) in [5, 5.41) is 9.56. The topological polar surface area (TPSA) is 46.9 Å². The third-order valence-electron chi connectivity index (χ3n) is 4.00. The Hall–Kier alpha value is -2.66. The Kier molecular flexibility index (Phi) is 5.46. The van der Waals surface area contributed by atoms with Crippen LogP contribution >= 0.6 is 11.3 Å². The highest BCUT2D eigenvalue weighted by Crippen LogP contribution is 2.19. The van der Waals surface area contributed by atoms with Gasteiger partial charge >= 0.3 is 0 Å². The monoisotopic (exact) mass is 351 g/mol. The minimum atomic E-state index is -0.0807. The second kappa shape index (κ2) is 7.94. The van der Waals surface area contributed by atoms with Crippen molar-refractivity contribution in [3.63, 3.8) is 0 Å². The molecule has 25 heavy (non-hydrogen) atoms. The Balaban J connectivity index is 1.65. The molecule has 2 heterocycles. The highest BCUT2D eigenvalue weighted by atomic mass is 32.1. The lowest BCUT2D eigenvalue weighted by Gasteiger charge is -2.03. The number of amides is 1. The molecule has 0 atom stereocenters. The molecule has 0 spiro atoms. The van der Waals surface area contributed by atoms with Gasteiger partial charge in [0.25, 0.3) is 0 Å². The number of thiophene rings is 1. The number of para-hydroxylation sites is 1. The van der Waals surface area contributed by atoms with Gasteiger partial charge in [0.1, 0.15) is 0 Å². The fourth-order valence-electron chi connectivity index (χ4n) is 2.70. The lowest BCUT2D eigenvalue weighted by Crippen LogP contribution is -2.23. The molecule has 0 saturated heterocycles. The van der Waals surface area contributed by atoms with Gasteiger partial charge in [-0.05, 0) is 49.9 Å². The van der Waals surface area contributed by atoms with E-state index >= 15 is 0 Å². The molecular weight excluding hydrogens is 330 g/mol. The van der Waals surface area contributed by atoms with E-state index in [9.17, 15) is 4.79 Å². The minimum absolute atomic E-state index is 0.0807.